The van der Waals surface area contributed by atoms with Gasteiger partial charge in [-0.2, -0.15) is 9.89 Å². The lowest BCUT2D eigenvalue weighted by atomic mass is 10.1. The van der Waals surface area contributed by atoms with Crippen molar-refractivity contribution in [2.75, 3.05) is 36.6 Å². The van der Waals surface area contributed by atoms with Crippen LogP contribution < -0.4 is 27.2 Å². The van der Waals surface area contributed by atoms with Gasteiger partial charge in [0.05, 0.1) is 47.3 Å². The van der Waals surface area contributed by atoms with Crippen molar-refractivity contribution in [2.24, 2.45) is 4.52 Å². The summed E-state index contributed by atoms with van der Waals surface area (Å²) in [4.78, 5) is 125. The number of halogens is 7. The minimum atomic E-state index is -3.82. The third kappa shape index (κ3) is 43.6. The Balaban J connectivity index is 0. The van der Waals surface area contributed by atoms with E-state index in [0.29, 0.717) is 5.69 Å². The first-order valence-corrected chi connectivity index (χ1v) is 38.4. The lowest BCUT2D eigenvalue weighted by molar-refractivity contribution is -0.146. The SMILES string of the molecule is C.CC(=O)c1n[nH]c(=O)cc1O.CC(=O)c1nnc(Cl)cc1Cl.CC(=O)c1nnc(Cl)cc1Nc1ccccc1C.CCOC(=O)C(=[N+]=[N-])C(=O)CC(C)=O.CCOC(=O)CC(=O)CC(C)=O.Cc1ccc(S(=O)(=O)N=[N+]=[N-])cc1.Cc1ccccc1N.O=P(Cl)(Cl)Cl.[2H]C([2H])([2H])NC(=O)c1nnc(Cl)cc1Nc1ccccc1C. The number of rotatable bonds is 20. The summed E-state index contributed by atoms with van der Waals surface area (Å²) in [5, 5.41) is 41.6. The van der Waals surface area contributed by atoms with Crippen LogP contribution in [0.3, 0.4) is 0 Å². The molecular weight excluding hydrogens is 1650 g/mol. The van der Waals surface area contributed by atoms with Crippen molar-refractivity contribution < 1.29 is 84.4 Å². The zero-order valence-corrected chi connectivity index (χ0v) is 67.5. The number of esters is 2. The number of carbonyl (C=O) groups excluding carboxylic acids is 10. The summed E-state index contributed by atoms with van der Waals surface area (Å²) in [6, 6.07) is 34.4. The van der Waals surface area contributed by atoms with Crippen molar-refractivity contribution >= 4 is 188 Å². The number of para-hydroxylation sites is 3. The topological polar surface area (TPSA) is 531 Å². The number of nitrogen functional groups attached to an aromatic ring is 1. The highest BCUT2D eigenvalue weighted by Crippen LogP contribution is 2.61. The number of azide groups is 1. The molecule has 0 aliphatic carbocycles. The van der Waals surface area contributed by atoms with Crippen LogP contribution in [-0.4, -0.2) is 143 Å². The lowest BCUT2D eigenvalue weighted by Crippen LogP contribution is -2.28. The van der Waals surface area contributed by atoms with E-state index in [9.17, 15) is 65.7 Å². The molecular formula is C69H77Cl7N17O17PS. The molecule has 7 N–H and O–H groups in total. The second-order valence-electron chi connectivity index (χ2n) is 21.3. The summed E-state index contributed by atoms with van der Waals surface area (Å²) in [5.41, 5.74) is 28.2. The fourth-order valence-corrected chi connectivity index (χ4v) is 8.63. The Bertz CT molecular complexity index is 5030. The zero-order chi connectivity index (χ0) is 87.4. The van der Waals surface area contributed by atoms with Gasteiger partial charge < -0.3 is 41.8 Å². The van der Waals surface area contributed by atoms with Crippen molar-refractivity contribution in [1.29, 1.82) is 0 Å². The maximum Gasteiger partial charge on any atom is 0.441 e. The molecule has 0 fully saturated rings. The number of benzene rings is 4. The summed E-state index contributed by atoms with van der Waals surface area (Å²) >= 11 is 36.5. The van der Waals surface area contributed by atoms with Crippen LogP contribution in [0, 0.1) is 27.7 Å². The number of Topliss-reactive ketones (excluding diaryl/α,β-unsaturated/α-hetero) is 7. The van der Waals surface area contributed by atoms with Crippen molar-refractivity contribution in [3.63, 3.8) is 0 Å². The van der Waals surface area contributed by atoms with E-state index in [1.165, 1.54) is 58.9 Å². The molecule has 0 saturated heterocycles. The van der Waals surface area contributed by atoms with Crippen LogP contribution in [0.1, 0.15) is 143 Å². The van der Waals surface area contributed by atoms with Crippen LogP contribution in [-0.2, 0) is 52.8 Å². The van der Waals surface area contributed by atoms with Crippen LogP contribution >= 0.6 is 85.3 Å². The Morgan fingerprint density at radius 1 is 0.607 bits per heavy atom. The maximum absolute atomic E-state index is 12.0. The number of nitrogens with one attached hydrogen (secondary N) is 4. The van der Waals surface area contributed by atoms with Crippen molar-refractivity contribution in [2.45, 2.75) is 108 Å². The van der Waals surface area contributed by atoms with Gasteiger partial charge in [-0.1, -0.05) is 126 Å². The molecule has 4 aromatic carbocycles. The molecule has 0 spiro atoms. The summed E-state index contributed by atoms with van der Waals surface area (Å²) < 4.78 is 64.7. The first-order chi connectivity index (χ1) is 53.0. The van der Waals surface area contributed by atoms with Gasteiger partial charge in [0, 0.05) is 76.6 Å². The number of amides is 1. The molecule has 34 nitrogen and oxygen atoms in total. The van der Waals surface area contributed by atoms with Gasteiger partial charge in [-0.25, -0.2) is 18.3 Å². The Hall–Kier alpha value is -10.8. The number of anilines is 5. The van der Waals surface area contributed by atoms with Crippen molar-refractivity contribution in [3.05, 3.63) is 213 Å². The lowest BCUT2D eigenvalue weighted by Gasteiger charge is -2.12. The predicted molar refractivity (Wildman–Crippen MR) is 427 cm³/mol. The largest absolute Gasteiger partial charge is 0.505 e. The zero-order valence-electron chi connectivity index (χ0n) is 63.5. The number of nitrogens with zero attached hydrogens (tertiary/aromatic N) is 12. The number of hydrogen-bond acceptors (Lipinski definition) is 27. The van der Waals surface area contributed by atoms with Crippen LogP contribution in [0.5, 0.6) is 5.75 Å². The molecule has 600 valence electrons. The second-order valence-corrected chi connectivity index (χ2v) is 31.1. The summed E-state index contributed by atoms with van der Waals surface area (Å²) in [7, 11) is -3.82. The number of aromatic nitrogens is 8. The quantitative estimate of drug-likeness (QED) is 0.00475. The number of hydrogen-bond donors (Lipinski definition) is 6. The highest BCUT2D eigenvalue weighted by Gasteiger charge is 2.31. The molecule has 8 rings (SSSR count). The molecule has 4 heterocycles. The minimum Gasteiger partial charge on any atom is -0.505 e. The second kappa shape index (κ2) is 53.9. The van der Waals surface area contributed by atoms with Gasteiger partial charge in [0.2, 0.25) is 0 Å². The standard InChI is InChI=1S/C13H13ClN4O.C13H12ClN3O.C8H10N2O4.C8H12O4.C7H7N3O2S.C7H9N.C6H4Cl2N2O.C6H6N2O3.CH4.Cl3OP/c1-8-5-3-4-6-9(8)16-10-7-11(14)17-18-12(10)13(19)15-2;1-8-5-3-4-6-10(8)15-11-7-12(14)16-17-13(11)9(2)18;1-3-14-8(13)7(10-9)6(12)4-5(2)11;1-3-12-8(11)5-7(10)4-6(2)9;1-6-2-4-7(5-3-6)13(11,12)10-9-8;1-6-4-2-3-5-7(6)8;1-3(11)6-4(7)2-5(8)9-10-6;1-3(9)6-4(10)2-5(11)7-8-6;;1-5(2,3)4/h3-7H,1-2H3,(H,15,19)(H,16,17);3-7H,1-2H3,(H,15,16);3-4H2,1-2H3;3-5H2,1-2H3;2-5H,1H3;2-5H,8H2,1H3;2H,1H3;2H,1H3,(H2,7,10,11);1H4;/i2D3;;;;;;;;;. The van der Waals surface area contributed by atoms with E-state index in [0.717, 1.165) is 45.4 Å². The molecule has 0 aliphatic heterocycles. The van der Waals surface area contributed by atoms with E-state index in [2.05, 4.69) is 104 Å². The molecule has 0 saturated carbocycles. The molecule has 1 amide bonds. The first-order valence-electron chi connectivity index (χ1n) is 32.5. The van der Waals surface area contributed by atoms with Gasteiger partial charge in [0.15, 0.2) is 61.4 Å². The van der Waals surface area contributed by atoms with Crippen LogP contribution in [0.15, 0.2) is 136 Å². The van der Waals surface area contributed by atoms with Crippen LogP contribution in [0.4, 0.5) is 28.4 Å². The average Bonchev–Trinajstić information content (AvgIpc) is 0.831. The van der Waals surface area contributed by atoms with E-state index in [4.69, 9.17) is 72.4 Å². The molecule has 0 radical (unpaired) electrons. The number of aryl methyl sites for hydroxylation is 4. The monoisotopic (exact) mass is 1730 g/mol. The van der Waals surface area contributed by atoms with Crippen LogP contribution in [0.2, 0.25) is 20.5 Å². The Morgan fingerprint density at radius 2 is 1.04 bits per heavy atom. The van der Waals surface area contributed by atoms with E-state index in [-0.39, 0.29) is 116 Å². The molecule has 0 aliphatic rings. The third-order valence-electron chi connectivity index (χ3n) is 12.2. The van der Waals surface area contributed by atoms with Crippen molar-refractivity contribution in [1.82, 2.24) is 46.1 Å². The highest BCUT2D eigenvalue weighted by molar-refractivity contribution is 8.24. The summed E-state index contributed by atoms with van der Waals surface area (Å²) in [6.45, 7) is 15.2. The number of ether oxygens (including phenoxy) is 2. The number of H-pyrrole nitrogens is 1. The maximum atomic E-state index is 12.0. The number of nitrogens with two attached hydrogens (primary N) is 1. The Labute approximate surface area is 681 Å². The molecule has 0 bridgehead atoms. The first kappa shape index (κ1) is 97.3. The molecule has 112 heavy (non-hydrogen) atoms. The molecule has 8 aromatic rings. The van der Waals surface area contributed by atoms with E-state index < -0.39 is 75.1 Å². The predicted octanol–water partition coefficient (Wildman–Crippen LogP) is 14.9. The fraction of sp³-hybridized carbons (Fsp3) is 0.261. The molecule has 0 atom stereocenters. The fourth-order valence-electron chi connectivity index (χ4n) is 7.19. The number of aromatic hydroxyl groups is 1. The molecule has 0 unspecified atom stereocenters. The highest BCUT2D eigenvalue weighted by atomic mass is 36.0. The third-order valence-corrected chi connectivity index (χ3v) is 14.2. The smallest absolute Gasteiger partial charge is 0.441 e. The van der Waals surface area contributed by atoms with E-state index >= 15 is 0 Å². The number of ketones is 7. The van der Waals surface area contributed by atoms with Crippen LogP contribution in [0.25, 0.3) is 16.0 Å². The van der Waals surface area contributed by atoms with Gasteiger partial charge in [-0.15, -0.1) is 30.6 Å². The van der Waals surface area contributed by atoms with Gasteiger partial charge in [0.25, 0.3) is 27.3 Å². The van der Waals surface area contributed by atoms with Crippen molar-refractivity contribution in [3.8, 4) is 5.75 Å². The number of carbonyl (C=O) groups is 10. The van der Waals surface area contributed by atoms with Gasteiger partial charge in [-0.05, 0) is 148 Å². The normalized spacial score (nSPS) is 10.2. The van der Waals surface area contributed by atoms with E-state index in [1.54, 1.807) is 32.0 Å². The average molecular weight is 1730 g/mol. The molecule has 43 heteroatoms. The van der Waals surface area contributed by atoms with Gasteiger partial charge in [0.1, 0.15) is 23.7 Å². The number of sulfonamides is 1. The Morgan fingerprint density at radius 3 is 1.44 bits per heavy atom. The minimum absolute atomic E-state index is 0. The Kier molecular flexibility index (Phi) is 46.9. The summed E-state index contributed by atoms with van der Waals surface area (Å²) in [5.74, 6) is -5.50. The molecule has 4 aromatic heterocycles. The van der Waals surface area contributed by atoms with Gasteiger partial charge >= 0.3 is 22.9 Å². The van der Waals surface area contributed by atoms with E-state index in [1.807, 2.05) is 111 Å². The van der Waals surface area contributed by atoms with Gasteiger partial charge in [-0.3, -0.25) is 52.5 Å². The number of aromatic amines is 1. The summed E-state index contributed by atoms with van der Waals surface area (Å²) in [6.07, 6.45) is -0.954.